The number of hydrogen-bond donors (Lipinski definition) is 3. The Labute approximate surface area is 102 Å². The van der Waals surface area contributed by atoms with Gasteiger partial charge in [0.1, 0.15) is 12.1 Å². The highest BCUT2D eigenvalue weighted by Gasteiger charge is 2.08. The number of aromatic carboxylic acids is 1. The zero-order valence-corrected chi connectivity index (χ0v) is 9.66. The minimum atomic E-state index is -1.06. The van der Waals surface area contributed by atoms with Gasteiger partial charge < -0.3 is 16.2 Å². The molecule has 0 bridgehead atoms. The normalized spacial score (nSPS) is 10.3. The maximum Gasteiger partial charge on any atom is 0.337 e. The molecule has 0 spiro atoms. The Morgan fingerprint density at radius 3 is 2.89 bits per heavy atom. The maximum absolute atomic E-state index is 10.7. The molecule has 2 aromatic rings. The Hall–Kier alpha value is -2.64. The van der Waals surface area contributed by atoms with E-state index in [0.29, 0.717) is 18.2 Å². The van der Waals surface area contributed by atoms with Gasteiger partial charge in [0, 0.05) is 13.2 Å². The topological polar surface area (TPSA) is 119 Å². The monoisotopic (exact) mass is 248 g/mol. The van der Waals surface area contributed by atoms with Crippen LogP contribution in [-0.2, 0) is 13.6 Å². The molecular formula is C10H12N6O2. The number of nitrogens with two attached hydrogens (primary N) is 1. The van der Waals surface area contributed by atoms with E-state index >= 15 is 0 Å². The van der Waals surface area contributed by atoms with Gasteiger partial charge >= 0.3 is 5.97 Å². The lowest BCUT2D eigenvalue weighted by molar-refractivity contribution is 0.0696. The predicted octanol–water partition coefficient (Wildman–Crippen LogP) is 0.103. The van der Waals surface area contributed by atoms with Crippen LogP contribution >= 0.6 is 0 Å². The first-order valence-electron chi connectivity index (χ1n) is 5.13. The van der Waals surface area contributed by atoms with E-state index in [4.69, 9.17) is 10.8 Å². The van der Waals surface area contributed by atoms with Crippen molar-refractivity contribution in [1.82, 2.24) is 19.7 Å². The molecule has 0 aromatic carbocycles. The van der Waals surface area contributed by atoms with Crippen LogP contribution in [-0.4, -0.2) is 30.8 Å². The quantitative estimate of drug-likeness (QED) is 0.702. The van der Waals surface area contributed by atoms with Crippen molar-refractivity contribution in [1.29, 1.82) is 0 Å². The number of rotatable bonds is 4. The van der Waals surface area contributed by atoms with Crippen LogP contribution in [0, 0.1) is 0 Å². The number of carboxylic acid groups (broad SMARTS) is 1. The van der Waals surface area contributed by atoms with Crippen LogP contribution in [0.2, 0.25) is 0 Å². The lowest BCUT2D eigenvalue weighted by Gasteiger charge is -2.06. The van der Waals surface area contributed by atoms with Gasteiger partial charge in [-0.1, -0.05) is 0 Å². The third kappa shape index (κ3) is 2.54. The third-order valence-corrected chi connectivity index (χ3v) is 2.23. The summed E-state index contributed by atoms with van der Waals surface area (Å²) >= 11 is 0. The van der Waals surface area contributed by atoms with Gasteiger partial charge in [0.15, 0.2) is 5.82 Å². The van der Waals surface area contributed by atoms with Crippen LogP contribution in [0.5, 0.6) is 0 Å². The van der Waals surface area contributed by atoms with E-state index in [2.05, 4.69) is 20.4 Å². The van der Waals surface area contributed by atoms with E-state index in [0.717, 1.165) is 0 Å². The number of aromatic nitrogens is 4. The largest absolute Gasteiger partial charge is 0.478 e. The Kier molecular flexibility index (Phi) is 3.09. The maximum atomic E-state index is 10.7. The molecule has 18 heavy (non-hydrogen) atoms. The standard InChI is InChI=1S/C10H12N6O2/c1-16-5-14-8(15-16)4-13-9-7(11)2-6(3-12-9)10(17)18/h2-3,5H,4,11H2,1H3,(H,12,13)(H,17,18). The number of nitrogens with one attached hydrogen (secondary N) is 1. The van der Waals surface area contributed by atoms with Gasteiger partial charge in [0.25, 0.3) is 0 Å². The number of aryl methyl sites for hydroxylation is 1. The molecule has 2 heterocycles. The average Bonchev–Trinajstić information content (AvgIpc) is 2.73. The summed E-state index contributed by atoms with van der Waals surface area (Å²) in [5.41, 5.74) is 6.01. The lowest BCUT2D eigenvalue weighted by Crippen LogP contribution is -2.08. The highest BCUT2D eigenvalue weighted by molar-refractivity contribution is 5.89. The molecule has 0 aliphatic carbocycles. The Balaban J connectivity index is 2.08. The number of carbonyl (C=O) groups is 1. The average molecular weight is 248 g/mol. The fraction of sp³-hybridized carbons (Fsp3) is 0.200. The molecule has 0 aliphatic heterocycles. The summed E-state index contributed by atoms with van der Waals surface area (Å²) in [5.74, 6) is -0.0550. The molecule has 2 aromatic heterocycles. The van der Waals surface area contributed by atoms with E-state index in [-0.39, 0.29) is 11.3 Å². The number of hydrogen-bond acceptors (Lipinski definition) is 6. The molecule has 0 amide bonds. The second-order valence-electron chi connectivity index (χ2n) is 3.65. The second-order valence-corrected chi connectivity index (χ2v) is 3.65. The van der Waals surface area contributed by atoms with E-state index < -0.39 is 5.97 Å². The minimum Gasteiger partial charge on any atom is -0.478 e. The van der Waals surface area contributed by atoms with Crippen molar-refractivity contribution < 1.29 is 9.90 Å². The lowest BCUT2D eigenvalue weighted by atomic mass is 10.2. The van der Waals surface area contributed by atoms with E-state index in [9.17, 15) is 4.79 Å². The van der Waals surface area contributed by atoms with Gasteiger partial charge in [0.2, 0.25) is 0 Å². The first-order valence-corrected chi connectivity index (χ1v) is 5.13. The summed E-state index contributed by atoms with van der Waals surface area (Å²) in [6.07, 6.45) is 2.83. The van der Waals surface area contributed by atoms with Crippen LogP contribution in [0.4, 0.5) is 11.5 Å². The molecule has 4 N–H and O–H groups in total. The molecular weight excluding hydrogens is 236 g/mol. The minimum absolute atomic E-state index is 0.0500. The summed E-state index contributed by atoms with van der Waals surface area (Å²) in [5, 5.41) is 15.8. The van der Waals surface area contributed by atoms with Gasteiger partial charge in [-0.2, -0.15) is 5.10 Å². The van der Waals surface area contributed by atoms with Gasteiger partial charge in [-0.3, -0.25) is 4.68 Å². The fourth-order valence-electron chi connectivity index (χ4n) is 1.37. The summed E-state index contributed by atoms with van der Waals surface area (Å²) in [7, 11) is 1.77. The predicted molar refractivity (Wildman–Crippen MR) is 63.9 cm³/mol. The molecule has 0 unspecified atom stereocenters. The zero-order valence-electron chi connectivity index (χ0n) is 9.66. The van der Waals surface area contributed by atoms with Gasteiger partial charge in [-0.05, 0) is 6.07 Å². The van der Waals surface area contributed by atoms with Crippen molar-refractivity contribution in [2.24, 2.45) is 7.05 Å². The Bertz CT molecular complexity index is 579. The summed E-state index contributed by atoms with van der Waals surface area (Å²) < 4.78 is 1.58. The van der Waals surface area contributed by atoms with Crippen LogP contribution < -0.4 is 11.1 Å². The summed E-state index contributed by atoms with van der Waals surface area (Å²) in [6, 6.07) is 1.35. The van der Waals surface area contributed by atoms with Crippen molar-refractivity contribution in [3.8, 4) is 0 Å². The number of anilines is 2. The Morgan fingerprint density at radius 2 is 2.33 bits per heavy atom. The number of pyridine rings is 1. The molecule has 0 fully saturated rings. The van der Waals surface area contributed by atoms with Crippen molar-refractivity contribution in [3.63, 3.8) is 0 Å². The zero-order chi connectivity index (χ0) is 13.1. The molecule has 94 valence electrons. The summed E-state index contributed by atoms with van der Waals surface area (Å²) in [4.78, 5) is 18.7. The van der Waals surface area contributed by atoms with E-state index in [1.807, 2.05) is 0 Å². The fourth-order valence-corrected chi connectivity index (χ4v) is 1.37. The second kappa shape index (κ2) is 4.70. The molecule has 8 nitrogen and oxygen atoms in total. The smallest absolute Gasteiger partial charge is 0.337 e. The molecule has 0 aliphatic rings. The number of nitrogen functional groups attached to an aromatic ring is 1. The van der Waals surface area contributed by atoms with Gasteiger partial charge in [0.05, 0.1) is 17.8 Å². The van der Waals surface area contributed by atoms with Crippen molar-refractivity contribution >= 4 is 17.5 Å². The summed E-state index contributed by atoms with van der Waals surface area (Å²) in [6.45, 7) is 0.366. The molecule has 0 saturated carbocycles. The first kappa shape index (κ1) is 11.8. The SMILES string of the molecule is Cn1cnc(CNc2ncc(C(=O)O)cc2N)n1. The van der Waals surface area contributed by atoms with Crippen LogP contribution in [0.15, 0.2) is 18.6 Å². The molecule has 8 heteroatoms. The molecule has 0 atom stereocenters. The van der Waals surface area contributed by atoms with Crippen LogP contribution in [0.25, 0.3) is 0 Å². The van der Waals surface area contributed by atoms with Crippen molar-refractivity contribution in [3.05, 3.63) is 30.0 Å². The van der Waals surface area contributed by atoms with E-state index in [1.54, 1.807) is 18.1 Å². The van der Waals surface area contributed by atoms with Crippen molar-refractivity contribution in [2.75, 3.05) is 11.1 Å². The highest BCUT2D eigenvalue weighted by atomic mass is 16.4. The number of nitrogens with zero attached hydrogens (tertiary/aromatic N) is 4. The molecule has 2 rings (SSSR count). The van der Waals surface area contributed by atoms with Gasteiger partial charge in [-0.25, -0.2) is 14.8 Å². The first-order chi connectivity index (χ1) is 8.56. The van der Waals surface area contributed by atoms with Crippen molar-refractivity contribution in [2.45, 2.75) is 6.54 Å². The number of carboxylic acids is 1. The molecule has 0 saturated heterocycles. The van der Waals surface area contributed by atoms with Crippen LogP contribution in [0.1, 0.15) is 16.2 Å². The van der Waals surface area contributed by atoms with E-state index in [1.165, 1.54) is 12.3 Å². The van der Waals surface area contributed by atoms with Crippen LogP contribution in [0.3, 0.4) is 0 Å². The molecule has 0 radical (unpaired) electrons. The Morgan fingerprint density at radius 1 is 1.56 bits per heavy atom. The highest BCUT2D eigenvalue weighted by Crippen LogP contribution is 2.16. The third-order valence-electron chi connectivity index (χ3n) is 2.23. The van der Waals surface area contributed by atoms with Gasteiger partial charge in [-0.15, -0.1) is 0 Å².